The third kappa shape index (κ3) is 5.24. The fourth-order valence-corrected chi connectivity index (χ4v) is 1.31. The van der Waals surface area contributed by atoms with Crippen molar-refractivity contribution in [2.45, 2.75) is 16.2 Å². The van der Waals surface area contributed by atoms with Gasteiger partial charge in [0.05, 0.1) is 5.56 Å². The Kier molecular flexibility index (Phi) is 5.37. The van der Waals surface area contributed by atoms with Crippen molar-refractivity contribution in [3.8, 4) is 0 Å². The number of benzene rings is 1. The van der Waals surface area contributed by atoms with Crippen LogP contribution in [0.5, 0.6) is 0 Å². The van der Waals surface area contributed by atoms with Crippen molar-refractivity contribution in [3.05, 3.63) is 29.8 Å². The Bertz CT molecular complexity index is 491. The van der Waals surface area contributed by atoms with E-state index in [1.165, 1.54) is 6.07 Å². The standard InChI is InChI=1S/C10H8Cl3F3N2O2/c11-9(12,13)7(19)18-8(20)17-6-3-1-2-5(4-6)10(14,15)16/h1-4,7,19H,(H2,17,18,20)/t7-/m0/s1. The second-order valence-electron chi connectivity index (χ2n) is 3.62. The van der Waals surface area contributed by atoms with Crippen LogP contribution in [0.3, 0.4) is 0 Å². The van der Waals surface area contributed by atoms with Gasteiger partial charge in [-0.2, -0.15) is 13.2 Å². The highest BCUT2D eigenvalue weighted by Crippen LogP contribution is 2.31. The van der Waals surface area contributed by atoms with E-state index in [4.69, 9.17) is 34.8 Å². The van der Waals surface area contributed by atoms with Crippen molar-refractivity contribution >= 4 is 46.5 Å². The van der Waals surface area contributed by atoms with Crippen LogP contribution < -0.4 is 10.6 Å². The van der Waals surface area contributed by atoms with Crippen LogP contribution in [0.4, 0.5) is 23.7 Å². The van der Waals surface area contributed by atoms with Crippen LogP contribution in [0.1, 0.15) is 5.56 Å². The van der Waals surface area contributed by atoms with Gasteiger partial charge in [-0.3, -0.25) is 0 Å². The SMILES string of the molecule is O=C(Nc1cccc(C(F)(F)F)c1)N[C@@H](O)C(Cl)(Cl)Cl. The molecule has 3 N–H and O–H groups in total. The lowest BCUT2D eigenvalue weighted by Gasteiger charge is -2.20. The van der Waals surface area contributed by atoms with E-state index in [-0.39, 0.29) is 5.69 Å². The van der Waals surface area contributed by atoms with Gasteiger partial charge in [-0.25, -0.2) is 4.79 Å². The zero-order valence-corrected chi connectivity index (χ0v) is 11.8. The second-order valence-corrected chi connectivity index (χ2v) is 5.99. The van der Waals surface area contributed by atoms with E-state index in [9.17, 15) is 23.1 Å². The van der Waals surface area contributed by atoms with Crippen molar-refractivity contribution in [1.29, 1.82) is 0 Å². The Morgan fingerprint density at radius 3 is 2.35 bits per heavy atom. The average molecular weight is 352 g/mol. The van der Waals surface area contributed by atoms with Crippen LogP contribution in [-0.2, 0) is 6.18 Å². The molecular weight excluding hydrogens is 343 g/mol. The summed E-state index contributed by atoms with van der Waals surface area (Å²) in [6.45, 7) is 0. The number of alkyl halides is 6. The molecule has 2 amide bonds. The maximum atomic E-state index is 12.5. The lowest BCUT2D eigenvalue weighted by Crippen LogP contribution is -2.45. The second kappa shape index (κ2) is 6.26. The molecule has 0 radical (unpaired) electrons. The van der Waals surface area contributed by atoms with Gasteiger partial charge in [0.25, 0.3) is 0 Å². The molecule has 0 saturated heterocycles. The number of carbonyl (C=O) groups excluding carboxylic acids is 1. The van der Waals surface area contributed by atoms with E-state index in [0.29, 0.717) is 0 Å². The minimum atomic E-state index is -4.54. The number of carbonyl (C=O) groups is 1. The summed E-state index contributed by atoms with van der Waals surface area (Å²) in [5.41, 5.74) is -1.06. The quantitative estimate of drug-likeness (QED) is 0.564. The molecule has 112 valence electrons. The molecule has 0 aromatic heterocycles. The first-order valence-electron chi connectivity index (χ1n) is 4.99. The molecule has 1 rings (SSSR count). The molecule has 0 bridgehead atoms. The average Bonchev–Trinajstić information content (AvgIpc) is 2.26. The van der Waals surface area contributed by atoms with Gasteiger partial charge in [0.2, 0.25) is 3.79 Å². The zero-order valence-electron chi connectivity index (χ0n) is 9.51. The largest absolute Gasteiger partial charge is 0.416 e. The van der Waals surface area contributed by atoms with Gasteiger partial charge in [0, 0.05) is 5.69 Å². The number of nitrogens with one attached hydrogen (secondary N) is 2. The van der Waals surface area contributed by atoms with E-state index in [2.05, 4.69) is 5.32 Å². The van der Waals surface area contributed by atoms with Crippen LogP contribution >= 0.6 is 34.8 Å². The Morgan fingerprint density at radius 2 is 1.85 bits per heavy atom. The molecule has 1 atom stereocenters. The van der Waals surface area contributed by atoms with Gasteiger partial charge in [0.15, 0.2) is 6.23 Å². The summed E-state index contributed by atoms with van der Waals surface area (Å²) in [4.78, 5) is 11.4. The molecule has 1 aromatic rings. The first kappa shape index (κ1) is 17.2. The highest BCUT2D eigenvalue weighted by atomic mass is 35.6. The Balaban J connectivity index is 2.72. The summed E-state index contributed by atoms with van der Waals surface area (Å²) in [5.74, 6) is 0. The zero-order chi connectivity index (χ0) is 15.6. The van der Waals surface area contributed by atoms with Crippen LogP contribution in [0, 0.1) is 0 Å². The van der Waals surface area contributed by atoms with Crippen molar-refractivity contribution in [2.75, 3.05) is 5.32 Å². The van der Waals surface area contributed by atoms with Gasteiger partial charge in [0.1, 0.15) is 0 Å². The maximum Gasteiger partial charge on any atom is 0.416 e. The van der Waals surface area contributed by atoms with Gasteiger partial charge >= 0.3 is 12.2 Å². The summed E-state index contributed by atoms with van der Waals surface area (Å²) in [5, 5.41) is 13.2. The van der Waals surface area contributed by atoms with Crippen LogP contribution in [0.2, 0.25) is 0 Å². The highest BCUT2D eigenvalue weighted by molar-refractivity contribution is 6.68. The van der Waals surface area contributed by atoms with Crippen LogP contribution in [0.15, 0.2) is 24.3 Å². The molecule has 0 saturated carbocycles. The van der Waals surface area contributed by atoms with Gasteiger partial charge in [-0.1, -0.05) is 40.9 Å². The minimum absolute atomic E-state index is 0.131. The fourth-order valence-electron chi connectivity index (χ4n) is 1.15. The van der Waals surface area contributed by atoms with Crippen molar-refractivity contribution in [3.63, 3.8) is 0 Å². The summed E-state index contributed by atoms with van der Waals surface area (Å²) in [6, 6.07) is 2.89. The van der Waals surface area contributed by atoms with Crippen molar-refractivity contribution < 1.29 is 23.1 Å². The monoisotopic (exact) mass is 350 g/mol. The minimum Gasteiger partial charge on any atom is -0.369 e. The van der Waals surface area contributed by atoms with Gasteiger partial charge < -0.3 is 15.7 Å². The third-order valence-electron chi connectivity index (χ3n) is 2.03. The van der Waals surface area contributed by atoms with E-state index in [1.54, 1.807) is 0 Å². The summed E-state index contributed by atoms with van der Waals surface area (Å²) >= 11 is 15.9. The molecule has 0 aliphatic carbocycles. The molecule has 0 aliphatic heterocycles. The smallest absolute Gasteiger partial charge is 0.369 e. The first-order valence-corrected chi connectivity index (χ1v) is 6.13. The fraction of sp³-hybridized carbons (Fsp3) is 0.300. The molecule has 0 aliphatic rings. The number of hydrogen-bond acceptors (Lipinski definition) is 2. The summed E-state index contributed by atoms with van der Waals surface area (Å²) < 4.78 is 35.2. The predicted octanol–water partition coefficient (Wildman–Crippen LogP) is 3.52. The van der Waals surface area contributed by atoms with E-state index >= 15 is 0 Å². The Morgan fingerprint density at radius 1 is 1.25 bits per heavy atom. The lowest BCUT2D eigenvalue weighted by molar-refractivity contribution is -0.137. The number of halogens is 6. The van der Waals surface area contributed by atoms with E-state index < -0.39 is 27.8 Å². The number of aliphatic hydroxyl groups excluding tert-OH is 1. The summed E-state index contributed by atoms with van der Waals surface area (Å²) in [7, 11) is 0. The van der Waals surface area contributed by atoms with Crippen LogP contribution in [-0.4, -0.2) is 21.2 Å². The number of urea groups is 1. The lowest BCUT2D eigenvalue weighted by atomic mass is 10.2. The summed E-state index contributed by atoms with van der Waals surface area (Å²) in [6.07, 6.45) is -6.36. The Hall–Kier alpha value is -0.890. The van der Waals surface area contributed by atoms with Crippen LogP contribution in [0.25, 0.3) is 0 Å². The normalized spacial score (nSPS) is 13.8. The molecule has 20 heavy (non-hydrogen) atoms. The number of aliphatic hydroxyl groups is 1. The molecular formula is C10H8Cl3F3N2O2. The Labute approximate surface area is 126 Å². The molecule has 10 heteroatoms. The van der Waals surface area contributed by atoms with E-state index in [1.807, 2.05) is 5.32 Å². The molecule has 1 aromatic carbocycles. The first-order chi connectivity index (χ1) is 9.00. The molecule has 0 spiro atoms. The third-order valence-corrected chi connectivity index (χ3v) is 2.65. The highest BCUT2D eigenvalue weighted by Gasteiger charge is 2.33. The molecule has 0 heterocycles. The van der Waals surface area contributed by atoms with Gasteiger partial charge in [-0.05, 0) is 18.2 Å². The maximum absolute atomic E-state index is 12.5. The number of anilines is 1. The van der Waals surface area contributed by atoms with Crippen molar-refractivity contribution in [2.24, 2.45) is 0 Å². The molecule has 0 fully saturated rings. The number of amides is 2. The van der Waals surface area contributed by atoms with Gasteiger partial charge in [-0.15, -0.1) is 0 Å². The molecule has 4 nitrogen and oxygen atoms in total. The predicted molar refractivity (Wildman–Crippen MR) is 69.9 cm³/mol. The van der Waals surface area contributed by atoms with Crippen molar-refractivity contribution in [1.82, 2.24) is 5.32 Å². The topological polar surface area (TPSA) is 61.4 Å². The van der Waals surface area contributed by atoms with E-state index in [0.717, 1.165) is 18.2 Å². The number of hydrogen-bond donors (Lipinski definition) is 3. The molecule has 0 unspecified atom stereocenters. The number of rotatable bonds is 2.